The number of alkyl halides is 1. The number of hydrogen-bond donors (Lipinski definition) is 0. The van der Waals surface area contributed by atoms with Crippen LogP contribution < -0.4 is 0 Å². The van der Waals surface area contributed by atoms with Crippen LogP contribution in [0.5, 0.6) is 0 Å². The number of amides is 2. The average molecular weight is 326 g/mol. The topological polar surface area (TPSA) is 63.7 Å². The minimum absolute atomic E-state index is 0.318. The van der Waals surface area contributed by atoms with E-state index in [1.54, 1.807) is 24.3 Å². The Bertz CT molecular complexity index is 508. The van der Waals surface area contributed by atoms with Gasteiger partial charge in [0.25, 0.3) is 11.8 Å². The third-order valence-electron chi connectivity index (χ3n) is 2.99. The number of methoxy groups -OCH3 is 1. The van der Waals surface area contributed by atoms with E-state index in [4.69, 9.17) is 0 Å². The van der Waals surface area contributed by atoms with E-state index < -0.39 is 23.8 Å². The lowest BCUT2D eigenvalue weighted by atomic mass is 10.1. The molecular formula is C13H12BrNO4. The molecule has 0 aromatic heterocycles. The fourth-order valence-corrected chi connectivity index (χ4v) is 2.52. The Labute approximate surface area is 118 Å². The van der Waals surface area contributed by atoms with Crippen molar-refractivity contribution >= 4 is 33.7 Å². The monoisotopic (exact) mass is 325 g/mol. The van der Waals surface area contributed by atoms with Crippen molar-refractivity contribution < 1.29 is 19.1 Å². The van der Waals surface area contributed by atoms with Crippen LogP contribution >= 0.6 is 15.9 Å². The first kappa shape index (κ1) is 13.7. The third-order valence-corrected chi connectivity index (χ3v) is 3.45. The molecule has 1 atom stereocenters. The summed E-state index contributed by atoms with van der Waals surface area (Å²) in [5.74, 6) is -1.48. The molecule has 1 heterocycles. The van der Waals surface area contributed by atoms with E-state index in [-0.39, 0.29) is 0 Å². The van der Waals surface area contributed by atoms with Crippen molar-refractivity contribution in [3.63, 3.8) is 0 Å². The molecule has 0 spiro atoms. The van der Waals surface area contributed by atoms with Crippen LogP contribution in [0.2, 0.25) is 0 Å². The summed E-state index contributed by atoms with van der Waals surface area (Å²) in [6.45, 7) is 0. The van der Waals surface area contributed by atoms with Crippen molar-refractivity contribution in [1.82, 2.24) is 4.90 Å². The van der Waals surface area contributed by atoms with Crippen LogP contribution in [-0.2, 0) is 9.53 Å². The van der Waals surface area contributed by atoms with Crippen molar-refractivity contribution in [2.24, 2.45) is 0 Å². The minimum Gasteiger partial charge on any atom is -0.467 e. The maximum absolute atomic E-state index is 12.2. The lowest BCUT2D eigenvalue weighted by Crippen LogP contribution is -2.45. The predicted octanol–water partition coefficient (Wildman–Crippen LogP) is 1.61. The van der Waals surface area contributed by atoms with Crippen LogP contribution in [0.4, 0.5) is 0 Å². The average Bonchev–Trinajstić information content (AvgIpc) is 2.68. The van der Waals surface area contributed by atoms with Crippen LogP contribution in [-0.4, -0.2) is 41.2 Å². The van der Waals surface area contributed by atoms with Crippen molar-refractivity contribution in [3.8, 4) is 0 Å². The van der Waals surface area contributed by atoms with Crippen LogP contribution in [0, 0.1) is 0 Å². The second kappa shape index (κ2) is 5.52. The number of nitrogens with zero attached hydrogens (tertiary/aromatic N) is 1. The molecule has 1 aromatic carbocycles. The number of hydrogen-bond acceptors (Lipinski definition) is 4. The Morgan fingerprint density at radius 2 is 1.79 bits per heavy atom. The molecule has 6 heteroatoms. The largest absolute Gasteiger partial charge is 0.467 e. The van der Waals surface area contributed by atoms with Gasteiger partial charge in [-0.15, -0.1) is 0 Å². The van der Waals surface area contributed by atoms with Gasteiger partial charge >= 0.3 is 5.97 Å². The second-order valence-corrected chi connectivity index (χ2v) is 4.84. The van der Waals surface area contributed by atoms with Gasteiger partial charge in [0, 0.05) is 5.33 Å². The predicted molar refractivity (Wildman–Crippen MR) is 71.2 cm³/mol. The zero-order valence-corrected chi connectivity index (χ0v) is 11.8. The Balaban J connectivity index is 2.39. The van der Waals surface area contributed by atoms with Gasteiger partial charge in [-0.25, -0.2) is 4.79 Å². The van der Waals surface area contributed by atoms with Crippen LogP contribution in [0.25, 0.3) is 0 Å². The molecule has 0 N–H and O–H groups in total. The van der Waals surface area contributed by atoms with Gasteiger partial charge in [0.2, 0.25) is 0 Å². The molecule has 1 aliphatic rings. The Morgan fingerprint density at radius 1 is 1.26 bits per heavy atom. The van der Waals surface area contributed by atoms with E-state index in [1.165, 1.54) is 7.11 Å². The summed E-state index contributed by atoms with van der Waals surface area (Å²) in [6, 6.07) is 5.64. The molecule has 19 heavy (non-hydrogen) atoms. The molecule has 100 valence electrons. The lowest BCUT2D eigenvalue weighted by molar-refractivity contribution is -0.145. The number of benzene rings is 1. The number of esters is 1. The zero-order valence-electron chi connectivity index (χ0n) is 10.3. The van der Waals surface area contributed by atoms with E-state index in [0.29, 0.717) is 22.9 Å². The van der Waals surface area contributed by atoms with Crippen molar-refractivity contribution in [2.45, 2.75) is 12.5 Å². The molecule has 0 aliphatic carbocycles. The molecule has 5 nitrogen and oxygen atoms in total. The molecule has 2 amide bonds. The van der Waals surface area contributed by atoms with Crippen LogP contribution in [0.1, 0.15) is 27.1 Å². The summed E-state index contributed by atoms with van der Waals surface area (Å²) in [6.07, 6.45) is 0.318. The molecule has 1 aromatic rings. The highest BCUT2D eigenvalue weighted by Crippen LogP contribution is 2.26. The van der Waals surface area contributed by atoms with E-state index >= 15 is 0 Å². The molecule has 1 aliphatic heterocycles. The number of carbonyl (C=O) groups is 3. The second-order valence-electron chi connectivity index (χ2n) is 4.04. The Morgan fingerprint density at radius 3 is 2.21 bits per heavy atom. The number of carbonyl (C=O) groups excluding carboxylic acids is 3. The number of fused-ring (bicyclic) bond motifs is 1. The zero-order chi connectivity index (χ0) is 14.0. The van der Waals surface area contributed by atoms with E-state index in [2.05, 4.69) is 20.7 Å². The summed E-state index contributed by atoms with van der Waals surface area (Å²) in [5, 5.41) is 0.486. The highest BCUT2D eigenvalue weighted by Gasteiger charge is 2.42. The Hall–Kier alpha value is -1.69. The fourth-order valence-electron chi connectivity index (χ4n) is 2.08. The third kappa shape index (κ3) is 2.28. The molecule has 0 saturated heterocycles. The van der Waals surface area contributed by atoms with Crippen molar-refractivity contribution in [3.05, 3.63) is 35.4 Å². The van der Waals surface area contributed by atoms with Gasteiger partial charge in [0.05, 0.1) is 18.2 Å². The maximum atomic E-state index is 12.2. The van der Waals surface area contributed by atoms with Gasteiger partial charge in [-0.05, 0) is 18.6 Å². The first-order valence-electron chi connectivity index (χ1n) is 5.72. The lowest BCUT2D eigenvalue weighted by Gasteiger charge is -2.23. The SMILES string of the molecule is COC(=O)C(CCBr)N1C(=O)c2ccccc2C1=O. The van der Waals surface area contributed by atoms with Crippen molar-refractivity contribution in [1.29, 1.82) is 0 Å². The van der Waals surface area contributed by atoms with Crippen LogP contribution in [0.3, 0.4) is 0 Å². The molecule has 1 unspecified atom stereocenters. The van der Waals surface area contributed by atoms with Gasteiger partial charge in [-0.1, -0.05) is 28.1 Å². The summed E-state index contributed by atoms with van der Waals surface area (Å²) >= 11 is 3.21. The quantitative estimate of drug-likeness (QED) is 0.479. The highest BCUT2D eigenvalue weighted by molar-refractivity contribution is 9.09. The maximum Gasteiger partial charge on any atom is 0.329 e. The fraction of sp³-hybridized carbons (Fsp3) is 0.308. The Kier molecular flexibility index (Phi) is 3.99. The normalized spacial score (nSPS) is 15.4. The molecule has 2 rings (SSSR count). The number of imide groups is 1. The smallest absolute Gasteiger partial charge is 0.329 e. The van der Waals surface area contributed by atoms with Gasteiger partial charge in [0.15, 0.2) is 0 Å². The number of rotatable bonds is 4. The van der Waals surface area contributed by atoms with Gasteiger partial charge in [-0.3, -0.25) is 14.5 Å². The highest BCUT2D eigenvalue weighted by atomic mass is 79.9. The standard InChI is InChI=1S/C13H12BrNO4/c1-19-13(18)10(6-7-14)15-11(16)8-4-2-3-5-9(8)12(15)17/h2-5,10H,6-7H2,1H3. The summed E-state index contributed by atoms with van der Waals surface area (Å²) in [5.41, 5.74) is 0.659. The van der Waals surface area contributed by atoms with E-state index in [9.17, 15) is 14.4 Å². The van der Waals surface area contributed by atoms with Gasteiger partial charge < -0.3 is 4.74 Å². The van der Waals surface area contributed by atoms with Gasteiger partial charge in [-0.2, -0.15) is 0 Å². The van der Waals surface area contributed by atoms with Crippen molar-refractivity contribution in [2.75, 3.05) is 12.4 Å². The number of ether oxygens (including phenoxy) is 1. The van der Waals surface area contributed by atoms with Crippen LogP contribution in [0.15, 0.2) is 24.3 Å². The summed E-state index contributed by atoms with van der Waals surface area (Å²) in [4.78, 5) is 37.2. The first-order chi connectivity index (χ1) is 9.11. The van der Waals surface area contributed by atoms with E-state index in [1.807, 2.05) is 0 Å². The molecule has 0 bridgehead atoms. The van der Waals surface area contributed by atoms with E-state index in [0.717, 1.165) is 4.90 Å². The molecule has 0 saturated carbocycles. The first-order valence-corrected chi connectivity index (χ1v) is 6.84. The molecule has 0 fully saturated rings. The van der Waals surface area contributed by atoms with Gasteiger partial charge in [0.1, 0.15) is 6.04 Å². The number of halogens is 1. The minimum atomic E-state index is -0.892. The molecule has 0 radical (unpaired) electrons. The summed E-state index contributed by atoms with van der Waals surface area (Å²) in [7, 11) is 1.24. The summed E-state index contributed by atoms with van der Waals surface area (Å²) < 4.78 is 4.67. The molecular weight excluding hydrogens is 314 g/mol.